The Morgan fingerprint density at radius 1 is 1.13 bits per heavy atom. The molecule has 0 aliphatic carbocycles. The van der Waals surface area contributed by atoms with Crippen LogP contribution in [0.25, 0.3) is 0 Å². The highest BCUT2D eigenvalue weighted by Gasteiger charge is 2.24. The van der Waals surface area contributed by atoms with Gasteiger partial charge in [0.25, 0.3) is 0 Å². The molecular weight excluding hydrogens is 380 g/mol. The van der Waals surface area contributed by atoms with Crippen molar-refractivity contribution in [2.75, 3.05) is 18.9 Å². The van der Waals surface area contributed by atoms with E-state index in [1.165, 1.54) is 13.1 Å². The fourth-order valence-corrected chi connectivity index (χ4v) is 4.03. The number of amides is 1. The number of carbonyl (C=O) groups is 1. The Hall–Kier alpha value is -1.70. The second-order valence-electron chi connectivity index (χ2n) is 5.11. The Morgan fingerprint density at radius 3 is 2.35 bits per heavy atom. The zero-order chi connectivity index (χ0) is 17.0. The normalized spacial score (nSPS) is 11.5. The number of nitrogens with zero attached hydrogens (tertiary/aromatic N) is 1. The quantitative estimate of drug-likeness (QED) is 0.844. The molecule has 0 saturated carbocycles. The van der Waals surface area contributed by atoms with Crippen LogP contribution in [0.4, 0.5) is 5.69 Å². The second kappa shape index (κ2) is 7.25. The van der Waals surface area contributed by atoms with Gasteiger partial charge in [0.1, 0.15) is 0 Å². The molecule has 0 fully saturated rings. The van der Waals surface area contributed by atoms with Gasteiger partial charge in [-0.2, -0.15) is 4.31 Å². The third-order valence-corrected chi connectivity index (χ3v) is 6.04. The first-order valence-electron chi connectivity index (χ1n) is 6.88. The number of hydrogen-bond acceptors (Lipinski definition) is 3. The molecule has 0 atom stereocenters. The lowest BCUT2D eigenvalue weighted by Gasteiger charge is -2.17. The molecule has 5 nitrogen and oxygen atoms in total. The highest BCUT2D eigenvalue weighted by Crippen LogP contribution is 2.23. The number of rotatable bonds is 5. The van der Waals surface area contributed by atoms with Crippen molar-refractivity contribution >= 4 is 37.5 Å². The molecule has 23 heavy (non-hydrogen) atoms. The summed E-state index contributed by atoms with van der Waals surface area (Å²) in [6, 6.07) is 13.8. The molecule has 0 bridgehead atoms. The van der Waals surface area contributed by atoms with Gasteiger partial charge in [0.05, 0.1) is 11.4 Å². The van der Waals surface area contributed by atoms with E-state index >= 15 is 0 Å². The van der Waals surface area contributed by atoms with Crippen molar-refractivity contribution in [1.82, 2.24) is 4.31 Å². The molecule has 0 aromatic heterocycles. The van der Waals surface area contributed by atoms with Crippen molar-refractivity contribution in [2.45, 2.75) is 11.8 Å². The average molecular weight is 397 g/mol. The fraction of sp³-hybridized carbons (Fsp3) is 0.188. The van der Waals surface area contributed by atoms with Crippen LogP contribution in [0, 0.1) is 6.92 Å². The molecule has 1 N–H and O–H groups in total. The lowest BCUT2D eigenvalue weighted by molar-refractivity contribution is -0.116. The molecule has 1 amide bonds. The minimum absolute atomic E-state index is 0.130. The molecule has 0 radical (unpaired) electrons. The first-order valence-corrected chi connectivity index (χ1v) is 9.11. The third kappa shape index (κ3) is 4.40. The lowest BCUT2D eigenvalue weighted by Crippen LogP contribution is -2.35. The Balaban J connectivity index is 2.08. The summed E-state index contributed by atoms with van der Waals surface area (Å²) in [6.07, 6.45) is 0. The number of anilines is 1. The van der Waals surface area contributed by atoms with E-state index in [1.807, 2.05) is 19.1 Å². The third-order valence-electron chi connectivity index (χ3n) is 3.23. The number of carbonyl (C=O) groups excluding carboxylic acids is 1. The fourth-order valence-electron chi connectivity index (χ4n) is 1.95. The van der Waals surface area contributed by atoms with Gasteiger partial charge in [0.15, 0.2) is 0 Å². The molecule has 7 heteroatoms. The van der Waals surface area contributed by atoms with Gasteiger partial charge in [0.2, 0.25) is 15.9 Å². The summed E-state index contributed by atoms with van der Waals surface area (Å²) >= 11 is 3.22. The van der Waals surface area contributed by atoms with Crippen molar-refractivity contribution in [3.63, 3.8) is 0 Å². The first kappa shape index (κ1) is 17.7. The highest BCUT2D eigenvalue weighted by atomic mass is 79.9. The molecule has 2 rings (SSSR count). The average Bonchev–Trinajstić information content (AvgIpc) is 2.49. The Bertz CT molecular complexity index is 804. The number of nitrogens with one attached hydrogen (secondary N) is 1. The van der Waals surface area contributed by atoms with Gasteiger partial charge in [0, 0.05) is 17.2 Å². The summed E-state index contributed by atoms with van der Waals surface area (Å²) < 4.78 is 26.5. The van der Waals surface area contributed by atoms with E-state index < -0.39 is 15.9 Å². The van der Waals surface area contributed by atoms with E-state index in [2.05, 4.69) is 21.2 Å². The standard InChI is InChI=1S/C16H17BrN2O3S/c1-12-7-9-13(10-8-12)18-16(20)11-19(2)23(21,22)15-6-4-3-5-14(15)17/h3-10H,11H2,1-2H3,(H,18,20). The van der Waals surface area contributed by atoms with Crippen LogP contribution in [0.3, 0.4) is 0 Å². The monoisotopic (exact) mass is 396 g/mol. The predicted octanol–water partition coefficient (Wildman–Crippen LogP) is 3.02. The minimum Gasteiger partial charge on any atom is -0.325 e. The van der Waals surface area contributed by atoms with Crippen LogP contribution in [0.1, 0.15) is 5.56 Å². The van der Waals surface area contributed by atoms with E-state index in [1.54, 1.807) is 30.3 Å². The Labute approximate surface area is 144 Å². The van der Waals surface area contributed by atoms with E-state index in [0.29, 0.717) is 10.2 Å². The van der Waals surface area contributed by atoms with Crippen LogP contribution in [0.15, 0.2) is 57.9 Å². The maximum Gasteiger partial charge on any atom is 0.244 e. The smallest absolute Gasteiger partial charge is 0.244 e. The minimum atomic E-state index is -3.74. The molecule has 2 aromatic rings. The number of likely N-dealkylation sites (N-methyl/N-ethyl adjacent to an activating group) is 1. The topological polar surface area (TPSA) is 66.5 Å². The molecule has 0 spiro atoms. The van der Waals surface area contributed by atoms with E-state index in [9.17, 15) is 13.2 Å². The van der Waals surface area contributed by atoms with E-state index in [-0.39, 0.29) is 11.4 Å². The van der Waals surface area contributed by atoms with Crippen molar-refractivity contribution in [2.24, 2.45) is 0 Å². The Morgan fingerprint density at radius 2 is 1.74 bits per heavy atom. The van der Waals surface area contributed by atoms with Crippen LogP contribution < -0.4 is 5.32 Å². The molecule has 0 aliphatic heterocycles. The van der Waals surface area contributed by atoms with Crippen molar-refractivity contribution < 1.29 is 13.2 Å². The van der Waals surface area contributed by atoms with Gasteiger partial charge in [-0.05, 0) is 47.1 Å². The number of aryl methyl sites for hydroxylation is 1. The lowest BCUT2D eigenvalue weighted by atomic mass is 10.2. The predicted molar refractivity (Wildman–Crippen MR) is 93.8 cm³/mol. The summed E-state index contributed by atoms with van der Waals surface area (Å²) in [5.74, 6) is -0.396. The molecule has 0 saturated heterocycles. The molecule has 0 aliphatic rings. The summed E-state index contributed by atoms with van der Waals surface area (Å²) in [5.41, 5.74) is 1.71. The van der Waals surface area contributed by atoms with Gasteiger partial charge in [-0.1, -0.05) is 29.8 Å². The number of halogens is 1. The zero-order valence-corrected chi connectivity index (χ0v) is 15.2. The van der Waals surface area contributed by atoms with Crippen LogP contribution in [0.5, 0.6) is 0 Å². The summed E-state index contributed by atoms with van der Waals surface area (Å²) in [4.78, 5) is 12.2. The van der Waals surface area contributed by atoms with E-state index in [0.717, 1.165) is 9.87 Å². The maximum atomic E-state index is 12.5. The summed E-state index contributed by atoms with van der Waals surface area (Å²) in [5, 5.41) is 2.68. The zero-order valence-electron chi connectivity index (χ0n) is 12.8. The maximum absolute atomic E-state index is 12.5. The van der Waals surface area contributed by atoms with Crippen molar-refractivity contribution in [3.05, 3.63) is 58.6 Å². The van der Waals surface area contributed by atoms with E-state index in [4.69, 9.17) is 0 Å². The molecular formula is C16H17BrN2O3S. The van der Waals surface area contributed by atoms with Crippen LogP contribution >= 0.6 is 15.9 Å². The molecule has 122 valence electrons. The largest absolute Gasteiger partial charge is 0.325 e. The van der Waals surface area contributed by atoms with Gasteiger partial charge in [-0.3, -0.25) is 4.79 Å². The van der Waals surface area contributed by atoms with Crippen LogP contribution in [-0.2, 0) is 14.8 Å². The number of sulfonamides is 1. The van der Waals surface area contributed by atoms with Crippen LogP contribution in [-0.4, -0.2) is 32.2 Å². The van der Waals surface area contributed by atoms with Crippen LogP contribution in [0.2, 0.25) is 0 Å². The Kier molecular flexibility index (Phi) is 5.56. The number of benzene rings is 2. The second-order valence-corrected chi connectivity index (χ2v) is 7.97. The van der Waals surface area contributed by atoms with Gasteiger partial charge < -0.3 is 5.32 Å². The summed E-state index contributed by atoms with van der Waals surface area (Å²) in [7, 11) is -2.36. The molecule has 0 heterocycles. The first-order chi connectivity index (χ1) is 10.8. The van der Waals surface area contributed by atoms with Crippen molar-refractivity contribution in [3.8, 4) is 0 Å². The van der Waals surface area contributed by atoms with Gasteiger partial charge in [-0.25, -0.2) is 8.42 Å². The number of hydrogen-bond donors (Lipinski definition) is 1. The summed E-state index contributed by atoms with van der Waals surface area (Å²) in [6.45, 7) is 1.68. The molecule has 2 aromatic carbocycles. The molecule has 0 unspecified atom stereocenters. The highest BCUT2D eigenvalue weighted by molar-refractivity contribution is 9.10. The van der Waals surface area contributed by atoms with Gasteiger partial charge >= 0.3 is 0 Å². The SMILES string of the molecule is Cc1ccc(NC(=O)CN(C)S(=O)(=O)c2ccccc2Br)cc1. The van der Waals surface area contributed by atoms with Crippen molar-refractivity contribution in [1.29, 1.82) is 0 Å². The van der Waals surface area contributed by atoms with Gasteiger partial charge in [-0.15, -0.1) is 0 Å².